The minimum absolute atomic E-state index is 0. The molecule has 0 saturated heterocycles. The first-order valence-electron chi connectivity index (χ1n) is 13.0. The molecule has 0 aromatic rings. The summed E-state index contributed by atoms with van der Waals surface area (Å²) in [6.45, 7) is 0.951. The third kappa shape index (κ3) is 33.8. The SMILES string of the molecule is [Mo+4].[O-]P1(=S)OCC=COC=CCS1.[O-]P1(=S)OCC=COC=CCS1.[O-]P1(=S)OCC=COC=CCS1.[O-]P1(=S)OCC=COC=CCS1. The molecule has 0 aromatic heterocycles. The minimum Gasteiger partial charge on any atom is -0.793 e. The van der Waals surface area contributed by atoms with Crippen LogP contribution < -0.4 is 19.6 Å². The van der Waals surface area contributed by atoms with Crippen molar-refractivity contribution in [1.29, 1.82) is 0 Å². The maximum absolute atomic E-state index is 11.3. The molecule has 4 unspecified atom stereocenters. The monoisotopic (exact) mass is 990 g/mol. The quantitative estimate of drug-likeness (QED) is 0.220. The zero-order chi connectivity index (χ0) is 35.5. The average Bonchev–Trinajstić information content (AvgIpc) is 3.02. The number of hydrogen-bond donors (Lipinski definition) is 0. The predicted octanol–water partition coefficient (Wildman–Crippen LogP) is 5.51. The van der Waals surface area contributed by atoms with E-state index in [1.54, 1.807) is 48.6 Å². The van der Waals surface area contributed by atoms with Gasteiger partial charge in [0.2, 0.25) is 0 Å². The molecule has 0 aromatic carbocycles. The summed E-state index contributed by atoms with van der Waals surface area (Å²) in [7, 11) is 0. The van der Waals surface area contributed by atoms with E-state index in [1.807, 2.05) is 0 Å². The van der Waals surface area contributed by atoms with Crippen LogP contribution in [-0.4, -0.2) is 49.4 Å². The van der Waals surface area contributed by atoms with Crippen molar-refractivity contribution in [3.8, 4) is 0 Å². The summed E-state index contributed by atoms with van der Waals surface area (Å²) in [5, 5.41) is 0. The van der Waals surface area contributed by atoms with Crippen LogP contribution >= 0.6 is 68.3 Å². The smallest absolute Gasteiger partial charge is 0.793 e. The van der Waals surface area contributed by atoms with Gasteiger partial charge in [0.25, 0.3) is 0 Å². The first-order chi connectivity index (χ1) is 22.8. The topological polar surface area (TPSA) is 166 Å². The van der Waals surface area contributed by atoms with E-state index >= 15 is 0 Å². The summed E-state index contributed by atoms with van der Waals surface area (Å²) in [4.78, 5) is 45.3. The maximum atomic E-state index is 11.3. The molecule has 25 heteroatoms. The summed E-state index contributed by atoms with van der Waals surface area (Å²) in [5.74, 6) is 2.20. The van der Waals surface area contributed by atoms with Gasteiger partial charge in [-0.15, -0.1) is 45.5 Å². The molecule has 274 valence electrons. The van der Waals surface area contributed by atoms with E-state index < -0.39 is 22.8 Å². The largest absolute Gasteiger partial charge is 4.00 e. The summed E-state index contributed by atoms with van der Waals surface area (Å²) in [6, 6.07) is 0. The van der Waals surface area contributed by atoms with Gasteiger partial charge in [0.15, 0.2) is 0 Å². The fourth-order valence-electron chi connectivity index (χ4n) is 2.16. The molecule has 0 bridgehead atoms. The van der Waals surface area contributed by atoms with Crippen LogP contribution in [0.5, 0.6) is 0 Å². The average molecular weight is 989 g/mol. The standard InChI is InChI=1S/4C6H9O3PS2.Mo/c4*7-10(11)9-5-1-3-8-4-2-6-12-10;/h4*1-4H,5-6H2,(H,7,11);/q;;;;+4/p-4. The van der Waals surface area contributed by atoms with E-state index in [9.17, 15) is 19.6 Å². The minimum atomic E-state index is -2.86. The van der Waals surface area contributed by atoms with Gasteiger partial charge in [-0.25, -0.2) is 0 Å². The van der Waals surface area contributed by atoms with Crippen molar-refractivity contribution in [3.05, 3.63) is 98.7 Å². The van der Waals surface area contributed by atoms with E-state index in [1.165, 1.54) is 50.1 Å². The second-order valence-electron chi connectivity index (χ2n) is 7.67. The zero-order valence-electron chi connectivity index (χ0n) is 25.3. The van der Waals surface area contributed by atoms with E-state index in [-0.39, 0.29) is 47.5 Å². The van der Waals surface area contributed by atoms with Gasteiger partial charge in [0.05, 0.1) is 76.5 Å². The second kappa shape index (κ2) is 30.8. The molecule has 0 amide bonds. The summed E-state index contributed by atoms with van der Waals surface area (Å²) in [5.41, 5.74) is -11.5. The van der Waals surface area contributed by atoms with Crippen LogP contribution in [0.4, 0.5) is 0 Å². The molecule has 4 atom stereocenters. The van der Waals surface area contributed by atoms with Gasteiger partial charge in [-0.1, -0.05) is 47.2 Å². The van der Waals surface area contributed by atoms with Crippen LogP contribution in [0.2, 0.25) is 0 Å². The fraction of sp³-hybridized carbons (Fsp3) is 0.333. The molecule has 4 rings (SSSR count). The first kappa shape index (κ1) is 50.5. The van der Waals surface area contributed by atoms with Gasteiger partial charge < -0.3 is 56.6 Å². The normalized spacial score (nSPS) is 30.4. The molecule has 0 spiro atoms. The Morgan fingerprint density at radius 1 is 0.367 bits per heavy atom. The Labute approximate surface area is 338 Å². The number of hydrogen-bond acceptors (Lipinski definition) is 20. The van der Waals surface area contributed by atoms with Crippen molar-refractivity contribution in [3.63, 3.8) is 0 Å². The molecule has 49 heavy (non-hydrogen) atoms. The van der Waals surface area contributed by atoms with Crippen LogP contribution in [0, 0.1) is 0 Å². The fourth-order valence-corrected chi connectivity index (χ4v) is 12.7. The Kier molecular flexibility index (Phi) is 31.7. The summed E-state index contributed by atoms with van der Waals surface area (Å²) in [6.07, 6.45) is 25.5. The van der Waals surface area contributed by atoms with Crippen molar-refractivity contribution < 1.29 is 77.7 Å². The molecule has 12 nitrogen and oxygen atoms in total. The molecule has 4 aliphatic rings. The zero-order valence-corrected chi connectivity index (χ0v) is 37.4. The van der Waals surface area contributed by atoms with Crippen molar-refractivity contribution >= 4 is 116 Å². The van der Waals surface area contributed by atoms with Crippen LogP contribution in [-0.2, 0) is 105 Å². The molecule has 0 radical (unpaired) electrons. The van der Waals surface area contributed by atoms with Crippen molar-refractivity contribution in [2.45, 2.75) is 0 Å². The molecule has 0 fully saturated rings. The molecule has 4 aliphatic heterocycles. The van der Waals surface area contributed by atoms with Gasteiger partial charge in [-0.2, -0.15) is 0 Å². The third-order valence-electron chi connectivity index (χ3n) is 4.03. The Morgan fingerprint density at radius 2 is 0.551 bits per heavy atom. The van der Waals surface area contributed by atoms with Gasteiger partial charge >= 0.3 is 21.1 Å². The molecule has 0 aliphatic carbocycles. The van der Waals surface area contributed by atoms with Gasteiger partial charge in [-0.3, -0.25) is 0 Å². The maximum Gasteiger partial charge on any atom is 4.00 e. The van der Waals surface area contributed by atoms with Crippen LogP contribution in [0.25, 0.3) is 0 Å². The van der Waals surface area contributed by atoms with Gasteiger partial charge in [0.1, 0.15) is 0 Å². The Morgan fingerprint density at radius 3 is 0.755 bits per heavy atom. The summed E-state index contributed by atoms with van der Waals surface area (Å²) >= 11 is 23.4. The molecular weight excluding hydrogens is 957 g/mol. The molecule has 0 saturated carbocycles. The van der Waals surface area contributed by atoms with E-state index in [4.69, 9.17) is 84.3 Å². The Balaban J connectivity index is 0.000000623. The van der Waals surface area contributed by atoms with Crippen LogP contribution in [0.15, 0.2) is 98.7 Å². The van der Waals surface area contributed by atoms with E-state index in [0.717, 1.165) is 45.5 Å². The van der Waals surface area contributed by atoms with E-state index in [2.05, 4.69) is 0 Å². The summed E-state index contributed by atoms with van der Waals surface area (Å²) < 4.78 is 39.4. The first-order valence-corrected chi connectivity index (χ1v) is 30.0. The predicted molar refractivity (Wildman–Crippen MR) is 208 cm³/mol. The van der Waals surface area contributed by atoms with Crippen LogP contribution in [0.1, 0.15) is 0 Å². The Hall–Kier alpha value is 1.49. The number of ether oxygens (including phenoxy) is 4. The molecular formula is C24H32MoO12P4S8. The van der Waals surface area contributed by atoms with Gasteiger partial charge in [0, 0.05) is 45.8 Å². The van der Waals surface area contributed by atoms with Crippen molar-refractivity contribution in [1.82, 2.24) is 0 Å². The van der Waals surface area contributed by atoms with Crippen molar-refractivity contribution in [2.24, 2.45) is 0 Å². The molecule has 4 heterocycles. The van der Waals surface area contributed by atoms with Gasteiger partial charge in [-0.05, 0) is 48.6 Å². The van der Waals surface area contributed by atoms with E-state index in [0.29, 0.717) is 23.0 Å². The second-order valence-corrected chi connectivity index (χ2v) is 32.1. The van der Waals surface area contributed by atoms with Crippen LogP contribution in [0.3, 0.4) is 0 Å². The third-order valence-corrected chi connectivity index (χ3v) is 20.4. The Bertz CT molecular complexity index is 1080. The number of rotatable bonds is 0. The molecule has 0 N–H and O–H groups in total. The van der Waals surface area contributed by atoms with Crippen molar-refractivity contribution in [2.75, 3.05) is 49.4 Å².